The highest BCUT2D eigenvalue weighted by Crippen LogP contribution is 2.25. The minimum atomic E-state index is -0.196. The van der Waals surface area contributed by atoms with Crippen LogP contribution in [-0.4, -0.2) is 11.9 Å². The van der Waals surface area contributed by atoms with Crippen LogP contribution in [0.15, 0.2) is 48.5 Å². The molecule has 2 aromatic carbocycles. The van der Waals surface area contributed by atoms with Crippen molar-refractivity contribution < 1.29 is 4.79 Å². The zero-order chi connectivity index (χ0) is 13.9. The van der Waals surface area contributed by atoms with E-state index in [2.05, 4.69) is 10.6 Å². The number of hydrogen-bond acceptors (Lipinski definition) is 2. The molecule has 0 spiro atoms. The largest absolute Gasteiger partial charge is 0.382 e. The van der Waals surface area contributed by atoms with Crippen molar-refractivity contribution in [3.63, 3.8) is 0 Å². The summed E-state index contributed by atoms with van der Waals surface area (Å²) in [6, 6.07) is 15.4. The Hall–Kier alpha value is -2.00. The highest BCUT2D eigenvalue weighted by molar-refractivity contribution is 6.34. The van der Waals surface area contributed by atoms with E-state index in [0.717, 1.165) is 11.4 Å². The topological polar surface area (TPSA) is 41.1 Å². The Balaban J connectivity index is 1.67. The summed E-state index contributed by atoms with van der Waals surface area (Å²) in [6.45, 7) is 0. The van der Waals surface area contributed by atoms with Crippen molar-refractivity contribution >= 4 is 28.9 Å². The first-order valence-electron chi connectivity index (χ1n) is 6.65. The number of carbonyl (C=O) groups excluding carboxylic acids is 1. The van der Waals surface area contributed by atoms with Gasteiger partial charge in [0.15, 0.2) is 0 Å². The first-order chi connectivity index (χ1) is 9.72. The Bertz CT molecular complexity index is 621. The maximum atomic E-state index is 12.1. The Morgan fingerprint density at radius 1 is 1.00 bits per heavy atom. The summed E-state index contributed by atoms with van der Waals surface area (Å²) in [5, 5.41) is 6.70. The molecule has 2 N–H and O–H groups in total. The van der Waals surface area contributed by atoms with Crippen LogP contribution in [0.2, 0.25) is 5.02 Å². The van der Waals surface area contributed by atoms with Gasteiger partial charge in [0, 0.05) is 17.4 Å². The molecule has 1 aliphatic rings. The van der Waals surface area contributed by atoms with E-state index >= 15 is 0 Å². The number of halogens is 1. The van der Waals surface area contributed by atoms with Crippen LogP contribution in [0.5, 0.6) is 0 Å². The summed E-state index contributed by atoms with van der Waals surface area (Å²) in [4.78, 5) is 12.1. The lowest BCUT2D eigenvalue weighted by atomic mass is 10.2. The Labute approximate surface area is 123 Å². The molecule has 0 radical (unpaired) electrons. The van der Waals surface area contributed by atoms with Crippen molar-refractivity contribution in [1.29, 1.82) is 0 Å². The Morgan fingerprint density at radius 3 is 2.30 bits per heavy atom. The fourth-order valence-electron chi connectivity index (χ4n) is 1.96. The molecule has 1 amide bonds. The van der Waals surface area contributed by atoms with Crippen molar-refractivity contribution in [3.05, 3.63) is 59.1 Å². The van der Waals surface area contributed by atoms with Gasteiger partial charge in [0.1, 0.15) is 0 Å². The molecule has 3 rings (SSSR count). The predicted octanol–water partition coefficient (Wildman–Crippen LogP) is 4.17. The minimum absolute atomic E-state index is 0.196. The van der Waals surface area contributed by atoms with Crippen molar-refractivity contribution in [2.45, 2.75) is 18.9 Å². The second-order valence-electron chi connectivity index (χ2n) is 4.93. The zero-order valence-electron chi connectivity index (χ0n) is 10.9. The lowest BCUT2D eigenvalue weighted by molar-refractivity contribution is 0.102. The molecule has 0 unspecified atom stereocenters. The normalized spacial score (nSPS) is 13.8. The average molecular weight is 287 g/mol. The van der Waals surface area contributed by atoms with Gasteiger partial charge in [-0.2, -0.15) is 0 Å². The quantitative estimate of drug-likeness (QED) is 0.886. The van der Waals surface area contributed by atoms with Gasteiger partial charge in [-0.25, -0.2) is 0 Å². The van der Waals surface area contributed by atoms with Crippen LogP contribution in [0.4, 0.5) is 11.4 Å². The first kappa shape index (κ1) is 13.0. The van der Waals surface area contributed by atoms with Crippen LogP contribution in [0.3, 0.4) is 0 Å². The number of amides is 1. The van der Waals surface area contributed by atoms with Gasteiger partial charge in [-0.3, -0.25) is 4.79 Å². The molecule has 3 nitrogen and oxygen atoms in total. The Morgan fingerprint density at radius 2 is 1.65 bits per heavy atom. The summed E-state index contributed by atoms with van der Waals surface area (Å²) >= 11 is 6.00. The second-order valence-corrected chi connectivity index (χ2v) is 5.34. The SMILES string of the molecule is O=C(Nc1ccc(NC2CC2)cc1)c1ccccc1Cl. The van der Waals surface area contributed by atoms with Crippen LogP contribution < -0.4 is 10.6 Å². The fourth-order valence-corrected chi connectivity index (χ4v) is 2.18. The standard InChI is InChI=1S/C16H15ClN2O/c17-15-4-2-1-3-14(15)16(20)19-13-9-7-12(8-10-13)18-11-5-6-11/h1-4,7-11,18H,5-6H2,(H,19,20). The van der Waals surface area contributed by atoms with E-state index < -0.39 is 0 Å². The van der Waals surface area contributed by atoms with E-state index in [1.54, 1.807) is 24.3 Å². The molecule has 1 fully saturated rings. The lowest BCUT2D eigenvalue weighted by Gasteiger charge is -2.08. The number of anilines is 2. The lowest BCUT2D eigenvalue weighted by Crippen LogP contribution is -2.12. The minimum Gasteiger partial charge on any atom is -0.382 e. The summed E-state index contributed by atoms with van der Waals surface area (Å²) in [5.74, 6) is -0.196. The summed E-state index contributed by atoms with van der Waals surface area (Å²) in [7, 11) is 0. The highest BCUT2D eigenvalue weighted by atomic mass is 35.5. The maximum Gasteiger partial charge on any atom is 0.257 e. The molecule has 0 heterocycles. The summed E-state index contributed by atoms with van der Waals surface area (Å²) < 4.78 is 0. The third-order valence-electron chi connectivity index (χ3n) is 3.21. The third-order valence-corrected chi connectivity index (χ3v) is 3.54. The van der Waals surface area contributed by atoms with Gasteiger partial charge in [0.05, 0.1) is 10.6 Å². The molecule has 2 aromatic rings. The van der Waals surface area contributed by atoms with Gasteiger partial charge in [-0.1, -0.05) is 23.7 Å². The monoisotopic (exact) mass is 286 g/mol. The van der Waals surface area contributed by atoms with Gasteiger partial charge in [-0.15, -0.1) is 0 Å². The number of benzene rings is 2. The van der Waals surface area contributed by atoms with Crippen LogP contribution in [0, 0.1) is 0 Å². The van der Waals surface area contributed by atoms with E-state index in [9.17, 15) is 4.79 Å². The van der Waals surface area contributed by atoms with Gasteiger partial charge >= 0.3 is 0 Å². The van der Waals surface area contributed by atoms with E-state index in [0.29, 0.717) is 16.6 Å². The van der Waals surface area contributed by atoms with Gasteiger partial charge in [-0.05, 0) is 49.2 Å². The van der Waals surface area contributed by atoms with Crippen LogP contribution in [-0.2, 0) is 0 Å². The molecule has 0 saturated heterocycles. The predicted molar refractivity (Wildman–Crippen MR) is 82.5 cm³/mol. The van der Waals surface area contributed by atoms with Crippen LogP contribution in [0.25, 0.3) is 0 Å². The molecule has 4 heteroatoms. The van der Waals surface area contributed by atoms with E-state index in [4.69, 9.17) is 11.6 Å². The molecular weight excluding hydrogens is 272 g/mol. The smallest absolute Gasteiger partial charge is 0.257 e. The molecule has 0 bridgehead atoms. The molecule has 1 saturated carbocycles. The average Bonchev–Trinajstić information content (AvgIpc) is 3.25. The van der Waals surface area contributed by atoms with E-state index in [-0.39, 0.29) is 5.91 Å². The summed E-state index contributed by atoms with van der Waals surface area (Å²) in [5.41, 5.74) is 2.33. The number of hydrogen-bond donors (Lipinski definition) is 2. The fraction of sp³-hybridized carbons (Fsp3) is 0.188. The van der Waals surface area contributed by atoms with Crippen molar-refractivity contribution in [3.8, 4) is 0 Å². The van der Waals surface area contributed by atoms with Crippen LogP contribution >= 0.6 is 11.6 Å². The van der Waals surface area contributed by atoms with E-state index in [1.165, 1.54) is 12.8 Å². The van der Waals surface area contributed by atoms with Crippen molar-refractivity contribution in [1.82, 2.24) is 0 Å². The van der Waals surface area contributed by atoms with Gasteiger partial charge < -0.3 is 10.6 Å². The molecule has 0 atom stereocenters. The Kier molecular flexibility index (Phi) is 3.61. The molecule has 0 aliphatic heterocycles. The number of nitrogens with one attached hydrogen (secondary N) is 2. The molecule has 102 valence electrons. The molecule has 0 aromatic heterocycles. The van der Waals surface area contributed by atoms with Crippen molar-refractivity contribution in [2.75, 3.05) is 10.6 Å². The molecule has 1 aliphatic carbocycles. The zero-order valence-corrected chi connectivity index (χ0v) is 11.7. The van der Waals surface area contributed by atoms with Crippen molar-refractivity contribution in [2.24, 2.45) is 0 Å². The number of rotatable bonds is 4. The molecular formula is C16H15ClN2O. The van der Waals surface area contributed by atoms with Crippen LogP contribution in [0.1, 0.15) is 23.2 Å². The number of carbonyl (C=O) groups is 1. The van der Waals surface area contributed by atoms with Gasteiger partial charge in [0.2, 0.25) is 0 Å². The first-order valence-corrected chi connectivity index (χ1v) is 7.02. The highest BCUT2D eigenvalue weighted by Gasteiger charge is 2.20. The third kappa shape index (κ3) is 3.11. The molecule has 20 heavy (non-hydrogen) atoms. The second kappa shape index (κ2) is 5.55. The van der Waals surface area contributed by atoms with Gasteiger partial charge in [0.25, 0.3) is 5.91 Å². The summed E-state index contributed by atoms with van der Waals surface area (Å²) in [6.07, 6.45) is 2.48. The maximum absolute atomic E-state index is 12.1. The van der Waals surface area contributed by atoms with E-state index in [1.807, 2.05) is 24.3 Å².